The van der Waals surface area contributed by atoms with E-state index in [4.69, 9.17) is 10.3 Å². The highest BCUT2D eigenvalue weighted by Crippen LogP contribution is 2.37. The lowest BCUT2D eigenvalue weighted by Gasteiger charge is -2.32. The highest BCUT2D eigenvalue weighted by molar-refractivity contribution is 7.99. The van der Waals surface area contributed by atoms with Gasteiger partial charge in [0.1, 0.15) is 0 Å². The summed E-state index contributed by atoms with van der Waals surface area (Å²) in [5, 5.41) is 4.93. The van der Waals surface area contributed by atoms with Gasteiger partial charge in [0, 0.05) is 5.25 Å². The van der Waals surface area contributed by atoms with E-state index >= 15 is 0 Å². The topological polar surface area (TPSA) is 64.9 Å². The first-order valence-corrected chi connectivity index (χ1v) is 9.44. The van der Waals surface area contributed by atoms with E-state index in [2.05, 4.69) is 17.1 Å². The van der Waals surface area contributed by atoms with Gasteiger partial charge in [-0.25, -0.2) is 0 Å². The average Bonchev–Trinajstić information content (AvgIpc) is 2.99. The summed E-state index contributed by atoms with van der Waals surface area (Å²) in [6, 6.07) is 0. The number of hydrogen-bond donors (Lipinski definition) is 1. The van der Waals surface area contributed by atoms with Crippen LogP contribution >= 0.6 is 11.8 Å². The number of nitrogens with two attached hydrogens (primary N) is 1. The van der Waals surface area contributed by atoms with Crippen molar-refractivity contribution in [3.8, 4) is 0 Å². The fourth-order valence-electron chi connectivity index (χ4n) is 3.43. The molecule has 0 bridgehead atoms. The highest BCUT2D eigenvalue weighted by atomic mass is 32.2. The summed E-state index contributed by atoms with van der Waals surface area (Å²) in [5.74, 6) is 3.12. The highest BCUT2D eigenvalue weighted by Gasteiger charge is 2.37. The normalized spacial score (nSPS) is 31.4. The molecule has 5 heteroatoms. The molecule has 0 saturated heterocycles. The molecule has 2 aliphatic rings. The van der Waals surface area contributed by atoms with Crippen LogP contribution in [0.4, 0.5) is 0 Å². The van der Waals surface area contributed by atoms with Crippen LogP contribution in [0.3, 0.4) is 0 Å². The van der Waals surface area contributed by atoms with Crippen molar-refractivity contribution in [3.05, 3.63) is 11.7 Å². The first kappa shape index (κ1) is 15.3. The average molecular weight is 309 g/mol. The third-order valence-corrected chi connectivity index (χ3v) is 6.43. The van der Waals surface area contributed by atoms with Gasteiger partial charge in [-0.05, 0) is 44.4 Å². The molecule has 2 aliphatic carbocycles. The molecule has 0 spiro atoms. The zero-order valence-electron chi connectivity index (χ0n) is 13.0. The van der Waals surface area contributed by atoms with Gasteiger partial charge in [0.25, 0.3) is 0 Å². The molecule has 118 valence electrons. The Morgan fingerprint density at radius 3 is 2.62 bits per heavy atom. The molecule has 0 radical (unpaired) electrons. The minimum absolute atomic E-state index is 0.382. The van der Waals surface area contributed by atoms with Gasteiger partial charge in [0.15, 0.2) is 5.82 Å². The molecule has 3 rings (SSSR count). The van der Waals surface area contributed by atoms with Crippen molar-refractivity contribution in [2.24, 2.45) is 11.7 Å². The summed E-state index contributed by atoms with van der Waals surface area (Å²) in [7, 11) is 0. The maximum atomic E-state index is 6.49. The Balaban J connectivity index is 1.55. The molecule has 0 atom stereocenters. The molecular formula is C16H27N3OS. The first-order valence-electron chi connectivity index (χ1n) is 8.39. The summed E-state index contributed by atoms with van der Waals surface area (Å²) in [6.45, 7) is 2.29. The third-order valence-electron chi connectivity index (χ3n) is 5.06. The Labute approximate surface area is 131 Å². The molecular weight excluding hydrogens is 282 g/mol. The Kier molecular flexibility index (Phi) is 4.89. The van der Waals surface area contributed by atoms with Crippen LogP contribution in [0.25, 0.3) is 0 Å². The van der Waals surface area contributed by atoms with Crippen molar-refractivity contribution >= 4 is 11.8 Å². The van der Waals surface area contributed by atoms with Crippen LogP contribution in [-0.2, 0) is 11.3 Å². The largest absolute Gasteiger partial charge is 0.337 e. The smallest absolute Gasteiger partial charge is 0.246 e. The Hall–Kier alpha value is -0.550. The SMILES string of the molecule is CC1CCC(N)(c2nc(CSC3CCCCC3)no2)CC1. The van der Waals surface area contributed by atoms with Crippen molar-refractivity contribution in [2.75, 3.05) is 0 Å². The molecule has 1 aromatic heterocycles. The van der Waals surface area contributed by atoms with Crippen LogP contribution in [0.2, 0.25) is 0 Å². The van der Waals surface area contributed by atoms with Gasteiger partial charge < -0.3 is 10.3 Å². The molecule has 1 aromatic rings. The number of rotatable bonds is 4. The second-order valence-corrected chi connectivity index (χ2v) is 8.21. The van der Waals surface area contributed by atoms with Crippen LogP contribution in [0.5, 0.6) is 0 Å². The van der Waals surface area contributed by atoms with E-state index in [1.54, 1.807) is 0 Å². The van der Waals surface area contributed by atoms with E-state index in [1.807, 2.05) is 11.8 Å². The minimum atomic E-state index is -0.382. The Morgan fingerprint density at radius 2 is 1.90 bits per heavy atom. The summed E-state index contributed by atoms with van der Waals surface area (Å²) in [4.78, 5) is 4.59. The van der Waals surface area contributed by atoms with E-state index in [0.29, 0.717) is 5.89 Å². The standard InChI is InChI=1S/C16H27N3OS/c1-12-7-9-16(17,10-8-12)15-18-14(19-20-15)11-21-13-5-3-2-4-6-13/h12-13H,2-11,17H2,1H3. The number of aromatic nitrogens is 2. The van der Waals surface area contributed by atoms with Gasteiger partial charge in [-0.15, -0.1) is 0 Å². The zero-order valence-corrected chi connectivity index (χ0v) is 13.8. The van der Waals surface area contributed by atoms with Gasteiger partial charge in [-0.2, -0.15) is 16.7 Å². The van der Waals surface area contributed by atoms with Gasteiger partial charge in [0.2, 0.25) is 5.89 Å². The molecule has 1 heterocycles. The summed E-state index contributed by atoms with van der Waals surface area (Å²) in [5.41, 5.74) is 6.11. The van der Waals surface area contributed by atoms with Crippen molar-refractivity contribution in [1.29, 1.82) is 0 Å². The van der Waals surface area contributed by atoms with Crippen molar-refractivity contribution in [1.82, 2.24) is 10.1 Å². The van der Waals surface area contributed by atoms with Gasteiger partial charge >= 0.3 is 0 Å². The van der Waals surface area contributed by atoms with Crippen LogP contribution in [0, 0.1) is 5.92 Å². The second-order valence-electron chi connectivity index (χ2n) is 6.93. The quantitative estimate of drug-likeness (QED) is 0.910. The predicted molar refractivity (Wildman–Crippen MR) is 86.0 cm³/mol. The fraction of sp³-hybridized carbons (Fsp3) is 0.875. The molecule has 21 heavy (non-hydrogen) atoms. The molecule has 0 aliphatic heterocycles. The molecule has 0 aromatic carbocycles. The van der Waals surface area contributed by atoms with Gasteiger partial charge in [-0.3, -0.25) is 0 Å². The van der Waals surface area contributed by atoms with E-state index in [9.17, 15) is 0 Å². The lowest BCUT2D eigenvalue weighted by molar-refractivity contribution is 0.190. The monoisotopic (exact) mass is 309 g/mol. The van der Waals surface area contributed by atoms with Gasteiger partial charge in [-0.1, -0.05) is 31.3 Å². The van der Waals surface area contributed by atoms with E-state index in [-0.39, 0.29) is 5.54 Å². The Bertz CT molecular complexity index is 448. The molecule has 0 amide bonds. The molecule has 2 N–H and O–H groups in total. The first-order chi connectivity index (χ1) is 10.2. The summed E-state index contributed by atoms with van der Waals surface area (Å²) >= 11 is 1.98. The lowest BCUT2D eigenvalue weighted by atomic mass is 9.78. The number of hydrogen-bond acceptors (Lipinski definition) is 5. The molecule has 2 saturated carbocycles. The summed E-state index contributed by atoms with van der Waals surface area (Å²) < 4.78 is 5.48. The van der Waals surface area contributed by atoms with E-state index < -0.39 is 0 Å². The molecule has 2 fully saturated rings. The second kappa shape index (κ2) is 6.69. The van der Waals surface area contributed by atoms with Gasteiger partial charge in [0.05, 0.1) is 11.3 Å². The number of thioether (sulfide) groups is 1. The lowest BCUT2D eigenvalue weighted by Crippen LogP contribution is -2.40. The van der Waals surface area contributed by atoms with E-state index in [1.165, 1.54) is 32.1 Å². The van der Waals surface area contributed by atoms with Crippen LogP contribution in [0.1, 0.15) is 76.4 Å². The molecule has 0 unspecified atom stereocenters. The fourth-order valence-corrected chi connectivity index (χ4v) is 4.60. The van der Waals surface area contributed by atoms with Crippen LogP contribution in [-0.4, -0.2) is 15.4 Å². The van der Waals surface area contributed by atoms with Crippen molar-refractivity contribution in [3.63, 3.8) is 0 Å². The third kappa shape index (κ3) is 3.81. The van der Waals surface area contributed by atoms with Crippen LogP contribution in [0.15, 0.2) is 4.52 Å². The van der Waals surface area contributed by atoms with E-state index in [0.717, 1.165) is 48.4 Å². The summed E-state index contributed by atoms with van der Waals surface area (Å²) in [6.07, 6.45) is 11.1. The Morgan fingerprint density at radius 1 is 1.19 bits per heavy atom. The molecule has 4 nitrogen and oxygen atoms in total. The van der Waals surface area contributed by atoms with Crippen molar-refractivity contribution < 1.29 is 4.52 Å². The maximum Gasteiger partial charge on any atom is 0.246 e. The van der Waals surface area contributed by atoms with Crippen LogP contribution < -0.4 is 5.73 Å². The van der Waals surface area contributed by atoms with Crippen molar-refractivity contribution in [2.45, 2.75) is 81.3 Å². The maximum absolute atomic E-state index is 6.49. The zero-order chi connectivity index (χ0) is 14.7. The minimum Gasteiger partial charge on any atom is -0.337 e. The number of nitrogens with zero attached hydrogens (tertiary/aromatic N) is 2. The predicted octanol–water partition coefficient (Wildman–Crippen LogP) is 4.00.